The first kappa shape index (κ1) is 19.9. The zero-order valence-corrected chi connectivity index (χ0v) is 13.1. The highest BCUT2D eigenvalue weighted by atomic mass is 19.4. The number of hydrogen-bond acceptors (Lipinski definition) is 3. The Morgan fingerprint density at radius 1 is 0.926 bits per heavy atom. The van der Waals surface area contributed by atoms with E-state index in [0.717, 1.165) is 6.26 Å². The van der Waals surface area contributed by atoms with Crippen molar-refractivity contribution in [3.8, 4) is 6.26 Å². The van der Waals surface area contributed by atoms with Gasteiger partial charge >= 0.3 is 24.6 Å². The molecule has 1 N–H and O–H groups in total. The lowest BCUT2D eigenvalue weighted by atomic mass is 10.1. The number of carbonyl (C=O) groups is 1. The number of nitrogens with one attached hydrogen (secondary N) is 1. The third-order valence-corrected chi connectivity index (χ3v) is 3.23. The minimum Gasteiger partial charge on any atom is -0.297 e. The Bertz CT molecular complexity index is 827. The first-order chi connectivity index (χ1) is 12.5. The zero-order chi connectivity index (χ0) is 20.2. The quantitative estimate of drug-likeness (QED) is 0.457. The van der Waals surface area contributed by atoms with Gasteiger partial charge in [-0.1, -0.05) is 18.2 Å². The molecule has 0 bridgehead atoms. The molecule has 2 aromatic rings. The molecule has 142 valence electrons. The SMILES string of the molecule is N#CONC(=O)N(c1ccccc1)c1cc(C(F)(F)F)cc(C(F)(F)F)c1. The molecule has 2 aromatic carbocycles. The van der Waals surface area contributed by atoms with Crippen molar-refractivity contribution in [1.29, 1.82) is 5.26 Å². The molecule has 0 fully saturated rings. The number of hydroxylamine groups is 1. The largest absolute Gasteiger partial charge is 0.416 e. The van der Waals surface area contributed by atoms with Crippen LogP contribution in [-0.4, -0.2) is 6.03 Å². The summed E-state index contributed by atoms with van der Waals surface area (Å²) in [4.78, 5) is 16.8. The first-order valence-electron chi connectivity index (χ1n) is 7.03. The van der Waals surface area contributed by atoms with E-state index in [0.29, 0.717) is 17.0 Å². The van der Waals surface area contributed by atoms with E-state index >= 15 is 0 Å². The monoisotopic (exact) mass is 389 g/mol. The molecule has 0 aliphatic heterocycles. The van der Waals surface area contributed by atoms with Crippen LogP contribution in [-0.2, 0) is 17.2 Å². The topological polar surface area (TPSA) is 65.4 Å². The molecule has 0 radical (unpaired) electrons. The summed E-state index contributed by atoms with van der Waals surface area (Å²) in [6.07, 6.45) is -9.06. The lowest BCUT2D eigenvalue weighted by Crippen LogP contribution is -2.36. The summed E-state index contributed by atoms with van der Waals surface area (Å²) in [5.74, 6) is 0. The number of rotatable bonds is 3. The number of para-hydroxylation sites is 1. The maximum Gasteiger partial charge on any atom is 0.416 e. The minimum absolute atomic E-state index is 0.0519. The van der Waals surface area contributed by atoms with Crippen LogP contribution in [0.25, 0.3) is 0 Å². The van der Waals surface area contributed by atoms with Crippen LogP contribution in [0.5, 0.6) is 0 Å². The minimum atomic E-state index is -5.09. The highest BCUT2D eigenvalue weighted by Crippen LogP contribution is 2.39. The molecule has 0 aliphatic rings. The van der Waals surface area contributed by atoms with Gasteiger partial charge in [-0.15, -0.1) is 5.26 Å². The van der Waals surface area contributed by atoms with Gasteiger partial charge in [0.2, 0.25) is 0 Å². The maximum absolute atomic E-state index is 13.1. The summed E-state index contributed by atoms with van der Waals surface area (Å²) in [5, 5.41) is 8.34. The molecule has 0 heterocycles. The molecule has 0 unspecified atom stereocenters. The average Bonchev–Trinajstić information content (AvgIpc) is 2.59. The lowest BCUT2D eigenvalue weighted by Gasteiger charge is -2.24. The number of hydrogen-bond donors (Lipinski definition) is 1. The fraction of sp³-hybridized carbons (Fsp3) is 0.125. The Balaban J connectivity index is 2.67. The number of halogens is 6. The van der Waals surface area contributed by atoms with E-state index in [1.165, 1.54) is 30.3 Å². The van der Waals surface area contributed by atoms with Crippen molar-refractivity contribution in [1.82, 2.24) is 5.48 Å². The Morgan fingerprint density at radius 3 is 1.89 bits per heavy atom. The van der Waals surface area contributed by atoms with E-state index in [4.69, 9.17) is 5.26 Å². The molecule has 27 heavy (non-hydrogen) atoms. The Labute approximate surface area is 148 Å². The smallest absolute Gasteiger partial charge is 0.297 e. The van der Waals surface area contributed by atoms with Crippen molar-refractivity contribution in [2.45, 2.75) is 12.4 Å². The van der Waals surface area contributed by atoms with Gasteiger partial charge in [0.1, 0.15) is 0 Å². The molecule has 0 atom stereocenters. The number of nitriles is 1. The highest BCUT2D eigenvalue weighted by molar-refractivity contribution is 5.99. The van der Waals surface area contributed by atoms with E-state index in [2.05, 4.69) is 4.84 Å². The van der Waals surface area contributed by atoms with Crippen molar-refractivity contribution in [3.05, 3.63) is 59.7 Å². The summed E-state index contributed by atoms with van der Waals surface area (Å²) >= 11 is 0. The van der Waals surface area contributed by atoms with Crippen LogP contribution in [0.2, 0.25) is 0 Å². The number of benzene rings is 2. The third-order valence-electron chi connectivity index (χ3n) is 3.23. The molecule has 2 amide bonds. The van der Waals surface area contributed by atoms with Gasteiger partial charge in [-0.2, -0.15) is 31.8 Å². The van der Waals surface area contributed by atoms with Gasteiger partial charge in [0.15, 0.2) is 0 Å². The van der Waals surface area contributed by atoms with Crippen LogP contribution < -0.4 is 10.4 Å². The Hall–Kier alpha value is -3.42. The lowest BCUT2D eigenvalue weighted by molar-refractivity contribution is -0.143. The van der Waals surface area contributed by atoms with E-state index in [1.807, 2.05) is 0 Å². The zero-order valence-electron chi connectivity index (χ0n) is 13.1. The van der Waals surface area contributed by atoms with Gasteiger partial charge < -0.3 is 0 Å². The molecule has 0 aliphatic carbocycles. The number of amides is 2. The van der Waals surface area contributed by atoms with Crippen molar-refractivity contribution in [3.63, 3.8) is 0 Å². The average molecular weight is 389 g/mol. The standard InChI is InChI=1S/C16H9F6N3O2/c17-15(18,19)10-6-11(16(20,21)22)8-13(7-10)25(14(26)24-27-9-23)12-4-2-1-3-5-12/h1-8H,(H,24,26). The third kappa shape index (κ3) is 4.81. The van der Waals surface area contributed by atoms with Crippen LogP contribution in [0, 0.1) is 11.5 Å². The van der Waals surface area contributed by atoms with Crippen LogP contribution in [0.3, 0.4) is 0 Å². The second-order valence-corrected chi connectivity index (χ2v) is 5.04. The molecule has 2 rings (SSSR count). The van der Waals surface area contributed by atoms with Gasteiger partial charge in [-0.3, -0.25) is 9.74 Å². The number of alkyl halides is 6. The van der Waals surface area contributed by atoms with Gasteiger partial charge in [-0.25, -0.2) is 4.79 Å². The van der Waals surface area contributed by atoms with Crippen molar-refractivity contribution in [2.75, 3.05) is 4.90 Å². The molecular weight excluding hydrogens is 380 g/mol. The van der Waals surface area contributed by atoms with Crippen molar-refractivity contribution in [2.24, 2.45) is 0 Å². The van der Waals surface area contributed by atoms with E-state index in [9.17, 15) is 31.1 Å². The molecule has 0 saturated heterocycles. The van der Waals surface area contributed by atoms with Crippen LogP contribution in [0.1, 0.15) is 11.1 Å². The summed E-state index contributed by atoms with van der Waals surface area (Å²) in [6, 6.07) is 6.35. The molecule has 0 spiro atoms. The Morgan fingerprint density at radius 2 is 1.44 bits per heavy atom. The molecule has 0 aromatic heterocycles. The van der Waals surface area contributed by atoms with E-state index < -0.39 is 35.2 Å². The van der Waals surface area contributed by atoms with Gasteiger partial charge in [-0.05, 0) is 30.3 Å². The summed E-state index contributed by atoms with van der Waals surface area (Å²) in [7, 11) is 0. The second-order valence-electron chi connectivity index (χ2n) is 5.04. The predicted molar refractivity (Wildman–Crippen MR) is 80.3 cm³/mol. The number of nitrogens with zero attached hydrogens (tertiary/aromatic N) is 2. The predicted octanol–water partition coefficient (Wildman–Crippen LogP) is 4.98. The fourth-order valence-electron chi connectivity index (χ4n) is 2.14. The number of anilines is 2. The maximum atomic E-state index is 13.1. The van der Waals surface area contributed by atoms with Crippen LogP contribution in [0.4, 0.5) is 42.5 Å². The Kier molecular flexibility index (Phi) is 5.49. The van der Waals surface area contributed by atoms with Gasteiger partial charge in [0.05, 0.1) is 22.5 Å². The van der Waals surface area contributed by atoms with Gasteiger partial charge in [0, 0.05) is 0 Å². The summed E-state index contributed by atoms with van der Waals surface area (Å²) < 4.78 is 78.3. The molecule has 0 saturated carbocycles. The van der Waals surface area contributed by atoms with Gasteiger partial charge in [0.25, 0.3) is 0 Å². The summed E-state index contributed by atoms with van der Waals surface area (Å²) in [5.41, 5.74) is -2.35. The fourth-order valence-corrected chi connectivity index (χ4v) is 2.14. The van der Waals surface area contributed by atoms with E-state index in [1.54, 1.807) is 5.48 Å². The normalized spacial score (nSPS) is 11.4. The van der Waals surface area contributed by atoms with Crippen molar-refractivity contribution >= 4 is 17.4 Å². The van der Waals surface area contributed by atoms with Crippen LogP contribution >= 0.6 is 0 Å². The molecular formula is C16H9F6N3O2. The first-order valence-corrected chi connectivity index (χ1v) is 7.03. The molecule has 5 nitrogen and oxygen atoms in total. The highest BCUT2D eigenvalue weighted by Gasteiger charge is 2.38. The molecule has 11 heteroatoms. The number of urea groups is 1. The van der Waals surface area contributed by atoms with Crippen LogP contribution in [0.15, 0.2) is 48.5 Å². The summed E-state index contributed by atoms with van der Waals surface area (Å²) in [6.45, 7) is 0. The van der Waals surface area contributed by atoms with E-state index in [-0.39, 0.29) is 11.8 Å². The van der Waals surface area contributed by atoms with Crippen molar-refractivity contribution < 1.29 is 36.0 Å². The second kappa shape index (κ2) is 7.45. The number of carbonyl (C=O) groups excluding carboxylic acids is 1.